The highest BCUT2D eigenvalue weighted by atomic mass is 32.2. The molecule has 3 N–H and O–H groups in total. The first-order valence-electron chi connectivity index (χ1n) is 16.2. The predicted octanol–water partition coefficient (Wildman–Crippen LogP) is 5.24. The molecular formula is C35H35F4N7O4S. The van der Waals surface area contributed by atoms with Gasteiger partial charge >= 0.3 is 6.18 Å². The van der Waals surface area contributed by atoms with Gasteiger partial charge in [0.05, 0.1) is 10.8 Å². The van der Waals surface area contributed by atoms with E-state index in [4.69, 9.17) is 0 Å². The van der Waals surface area contributed by atoms with E-state index < -0.39 is 45.0 Å². The number of aromatic nitrogens is 2. The average molecular weight is 726 g/mol. The van der Waals surface area contributed by atoms with Crippen molar-refractivity contribution in [3.8, 4) is 0 Å². The summed E-state index contributed by atoms with van der Waals surface area (Å²) in [6.45, 7) is 3.33. The Labute approximate surface area is 292 Å². The van der Waals surface area contributed by atoms with E-state index in [2.05, 4.69) is 35.7 Å². The van der Waals surface area contributed by atoms with E-state index in [1.54, 1.807) is 24.3 Å². The number of nitrogens with zero attached hydrogens (tertiary/aromatic N) is 4. The van der Waals surface area contributed by atoms with Gasteiger partial charge in [0.2, 0.25) is 17.8 Å². The molecule has 0 saturated carbocycles. The molecule has 268 valence electrons. The quantitative estimate of drug-likeness (QED) is 0.147. The minimum atomic E-state index is -4.72. The van der Waals surface area contributed by atoms with Crippen molar-refractivity contribution in [2.45, 2.75) is 42.9 Å². The lowest BCUT2D eigenvalue weighted by molar-refractivity contribution is -0.137. The van der Waals surface area contributed by atoms with Crippen LogP contribution < -0.4 is 20.9 Å². The van der Waals surface area contributed by atoms with Gasteiger partial charge in [-0.05, 0) is 60.0 Å². The SMILES string of the molecule is CS(=O)(=O)c1cccc(CNc2nc(Nc3ccc(N4CCN(Cc5ccc(C6CCC(=O)NC6=O)c(F)c5)CC4)cc3)ncc2C(F)(F)F)c1. The number of carbonyl (C=O) groups is 2. The van der Waals surface area contributed by atoms with Gasteiger partial charge in [0.25, 0.3) is 0 Å². The van der Waals surface area contributed by atoms with Crippen LogP contribution in [0, 0.1) is 5.82 Å². The van der Waals surface area contributed by atoms with E-state index in [0.717, 1.165) is 30.6 Å². The molecule has 4 aromatic rings. The molecule has 2 fully saturated rings. The average Bonchev–Trinajstić information content (AvgIpc) is 3.08. The third kappa shape index (κ3) is 8.80. The molecule has 3 aromatic carbocycles. The Morgan fingerprint density at radius 3 is 2.37 bits per heavy atom. The molecule has 6 rings (SSSR count). The minimum absolute atomic E-state index is 0.0561. The Bertz CT molecular complexity index is 2040. The van der Waals surface area contributed by atoms with Crippen LogP contribution in [0.5, 0.6) is 0 Å². The molecule has 1 aromatic heterocycles. The number of sulfone groups is 1. The van der Waals surface area contributed by atoms with Gasteiger partial charge in [0.15, 0.2) is 9.84 Å². The van der Waals surface area contributed by atoms with Gasteiger partial charge in [0, 0.05) is 75.1 Å². The summed E-state index contributed by atoms with van der Waals surface area (Å²) in [4.78, 5) is 36.0. The Morgan fingerprint density at radius 2 is 1.71 bits per heavy atom. The fourth-order valence-electron chi connectivity index (χ4n) is 6.11. The van der Waals surface area contributed by atoms with Crippen molar-refractivity contribution in [3.63, 3.8) is 0 Å². The number of anilines is 4. The zero-order valence-electron chi connectivity index (χ0n) is 27.5. The van der Waals surface area contributed by atoms with Crippen molar-refractivity contribution in [2.75, 3.05) is 48.0 Å². The van der Waals surface area contributed by atoms with Crippen LogP contribution in [-0.2, 0) is 38.7 Å². The summed E-state index contributed by atoms with van der Waals surface area (Å²) < 4.78 is 80.0. The molecule has 1 atom stereocenters. The van der Waals surface area contributed by atoms with Crippen LogP contribution in [0.2, 0.25) is 0 Å². The fraction of sp³-hybridized carbons (Fsp3) is 0.314. The highest BCUT2D eigenvalue weighted by molar-refractivity contribution is 7.90. The van der Waals surface area contributed by atoms with Crippen molar-refractivity contribution in [2.24, 2.45) is 0 Å². The Morgan fingerprint density at radius 1 is 0.961 bits per heavy atom. The lowest BCUT2D eigenvalue weighted by atomic mass is 9.89. The van der Waals surface area contributed by atoms with E-state index in [9.17, 15) is 35.6 Å². The second kappa shape index (κ2) is 14.6. The number of hydrogen-bond donors (Lipinski definition) is 3. The van der Waals surface area contributed by atoms with Crippen LogP contribution in [0.1, 0.15) is 41.0 Å². The van der Waals surface area contributed by atoms with Crippen molar-refractivity contribution >= 4 is 44.8 Å². The molecule has 3 heterocycles. The number of amides is 2. The first-order valence-corrected chi connectivity index (χ1v) is 18.1. The predicted molar refractivity (Wildman–Crippen MR) is 183 cm³/mol. The minimum Gasteiger partial charge on any atom is -0.369 e. The molecule has 2 aliphatic rings. The molecule has 0 bridgehead atoms. The Balaban J connectivity index is 1.04. The van der Waals surface area contributed by atoms with Crippen LogP contribution >= 0.6 is 0 Å². The van der Waals surface area contributed by atoms with E-state index >= 15 is 0 Å². The summed E-state index contributed by atoms with van der Waals surface area (Å²) in [5.41, 5.74) is 2.00. The normalized spacial score (nSPS) is 17.3. The van der Waals surface area contributed by atoms with Gasteiger partial charge in [-0.15, -0.1) is 0 Å². The van der Waals surface area contributed by atoms with E-state index in [-0.39, 0.29) is 36.1 Å². The van der Waals surface area contributed by atoms with Gasteiger partial charge in [-0.3, -0.25) is 19.8 Å². The topological polar surface area (TPSA) is 137 Å². The molecule has 0 radical (unpaired) electrons. The maximum absolute atomic E-state index is 15.0. The summed E-state index contributed by atoms with van der Waals surface area (Å²) in [7, 11) is -3.49. The number of nitrogens with one attached hydrogen (secondary N) is 3. The fourth-order valence-corrected chi connectivity index (χ4v) is 6.80. The smallest absolute Gasteiger partial charge is 0.369 e. The van der Waals surface area contributed by atoms with E-state index in [0.29, 0.717) is 42.6 Å². The summed E-state index contributed by atoms with van der Waals surface area (Å²) in [5, 5.41) is 7.89. The highest BCUT2D eigenvalue weighted by Crippen LogP contribution is 2.35. The van der Waals surface area contributed by atoms with Crippen molar-refractivity contribution in [1.29, 1.82) is 0 Å². The monoisotopic (exact) mass is 725 g/mol. The van der Waals surface area contributed by atoms with Gasteiger partial charge in [-0.2, -0.15) is 18.2 Å². The highest BCUT2D eigenvalue weighted by Gasteiger charge is 2.35. The van der Waals surface area contributed by atoms with Crippen molar-refractivity contribution in [3.05, 3.63) is 101 Å². The number of piperazine rings is 1. The number of hydrogen-bond acceptors (Lipinski definition) is 10. The zero-order valence-corrected chi connectivity index (χ0v) is 28.3. The third-order valence-electron chi connectivity index (χ3n) is 8.83. The van der Waals surface area contributed by atoms with Crippen LogP contribution in [0.4, 0.5) is 40.7 Å². The molecule has 2 aliphatic heterocycles. The molecule has 2 saturated heterocycles. The van der Waals surface area contributed by atoms with Gasteiger partial charge in [-0.25, -0.2) is 17.8 Å². The largest absolute Gasteiger partial charge is 0.421 e. The molecule has 51 heavy (non-hydrogen) atoms. The third-order valence-corrected chi connectivity index (χ3v) is 9.94. The lowest BCUT2D eigenvalue weighted by Crippen LogP contribution is -2.46. The molecule has 11 nitrogen and oxygen atoms in total. The summed E-state index contributed by atoms with van der Waals surface area (Å²) >= 11 is 0. The number of rotatable bonds is 10. The van der Waals surface area contributed by atoms with E-state index in [1.807, 2.05) is 18.2 Å². The second-order valence-electron chi connectivity index (χ2n) is 12.5. The van der Waals surface area contributed by atoms with Gasteiger partial charge < -0.3 is 15.5 Å². The van der Waals surface area contributed by atoms with Crippen molar-refractivity contribution in [1.82, 2.24) is 20.2 Å². The number of benzene rings is 3. The van der Waals surface area contributed by atoms with Crippen LogP contribution in [0.25, 0.3) is 0 Å². The van der Waals surface area contributed by atoms with Crippen LogP contribution in [-0.4, -0.2) is 67.5 Å². The molecule has 0 aliphatic carbocycles. The Hall–Kier alpha value is -5.09. The maximum atomic E-state index is 15.0. The molecule has 1 unspecified atom stereocenters. The molecule has 0 spiro atoms. The maximum Gasteiger partial charge on any atom is 0.421 e. The first-order chi connectivity index (χ1) is 24.2. The van der Waals surface area contributed by atoms with Crippen LogP contribution in [0.3, 0.4) is 0 Å². The second-order valence-corrected chi connectivity index (χ2v) is 14.5. The standard InChI is InChI=1S/C35H35F4N7O4S/c1-51(49,50)26-4-2-3-22(17-26)19-40-32-29(35(37,38)39)20-41-34(44-32)42-24-6-8-25(9-7-24)46-15-13-45(14-16-46)21-23-5-10-27(30(36)18-23)28-11-12-31(47)43-33(28)48/h2-10,17-18,20,28H,11-16,19,21H2,1H3,(H,43,47,48)(H2,40,41,42,44). The zero-order chi connectivity index (χ0) is 36.3. The first kappa shape index (κ1) is 35.7. The van der Waals surface area contributed by atoms with Gasteiger partial charge in [0.1, 0.15) is 17.2 Å². The number of carbonyl (C=O) groups excluding carboxylic acids is 2. The molecule has 16 heteroatoms. The molecular weight excluding hydrogens is 690 g/mol. The summed E-state index contributed by atoms with van der Waals surface area (Å²) in [6, 6.07) is 18.2. The van der Waals surface area contributed by atoms with E-state index in [1.165, 1.54) is 24.3 Å². The summed E-state index contributed by atoms with van der Waals surface area (Å²) in [6.07, 6.45) is -2.51. The lowest BCUT2D eigenvalue weighted by Gasteiger charge is -2.36. The van der Waals surface area contributed by atoms with Crippen molar-refractivity contribution < 1.29 is 35.6 Å². The molecule has 2 amide bonds. The van der Waals surface area contributed by atoms with Gasteiger partial charge in [-0.1, -0.05) is 24.3 Å². The van der Waals surface area contributed by atoms with Crippen LogP contribution in [0.15, 0.2) is 77.8 Å². The Kier molecular flexibility index (Phi) is 10.3. The number of piperidine rings is 1. The number of alkyl halides is 3. The summed E-state index contributed by atoms with van der Waals surface area (Å²) in [5.74, 6) is -2.46. The number of imide groups is 1. The number of halogens is 4.